The van der Waals surface area contributed by atoms with Gasteiger partial charge in [-0.1, -0.05) is 57.4 Å². The summed E-state index contributed by atoms with van der Waals surface area (Å²) in [4.78, 5) is 37.4. The minimum Gasteiger partial charge on any atom is -0.349 e. The minimum atomic E-state index is -0.307. The van der Waals surface area contributed by atoms with Crippen LogP contribution in [0.5, 0.6) is 0 Å². The third kappa shape index (κ3) is 6.29. The Kier molecular flexibility index (Phi) is 7.66. The second-order valence-corrected chi connectivity index (χ2v) is 8.80. The van der Waals surface area contributed by atoms with Gasteiger partial charge in [0.2, 0.25) is 5.91 Å². The summed E-state index contributed by atoms with van der Waals surface area (Å²) in [6.45, 7) is 6.07. The van der Waals surface area contributed by atoms with Gasteiger partial charge in [0.25, 0.3) is 11.5 Å². The number of rotatable bonds is 7. The molecule has 1 fully saturated rings. The predicted octanol–water partition coefficient (Wildman–Crippen LogP) is 3.91. The molecule has 166 valence electrons. The molecule has 0 radical (unpaired) electrons. The molecule has 1 heterocycles. The molecule has 0 unspecified atom stereocenters. The van der Waals surface area contributed by atoms with E-state index in [0.29, 0.717) is 11.5 Å². The zero-order valence-corrected chi connectivity index (χ0v) is 18.7. The van der Waals surface area contributed by atoms with Gasteiger partial charge in [-0.05, 0) is 42.9 Å². The fourth-order valence-corrected chi connectivity index (χ4v) is 4.00. The van der Waals surface area contributed by atoms with Crippen LogP contribution < -0.4 is 16.2 Å². The van der Waals surface area contributed by atoms with Crippen molar-refractivity contribution in [3.63, 3.8) is 0 Å². The first-order valence-corrected chi connectivity index (χ1v) is 11.2. The van der Waals surface area contributed by atoms with E-state index in [-0.39, 0.29) is 36.0 Å². The van der Waals surface area contributed by atoms with E-state index < -0.39 is 0 Å². The number of benzene rings is 1. The standard InChI is InChI=1S/C25H33N3O3/c1-17(2)19-9-11-20(12-10-19)18(3)26-23(29)16-28-15-21(13-14-24(28)30)25(31)27-22-7-5-4-6-8-22/h9-15,17-18,22H,4-8,16H2,1-3H3,(H,26,29)(H,27,31)/t18-/m0/s1. The second-order valence-electron chi connectivity index (χ2n) is 8.80. The summed E-state index contributed by atoms with van der Waals surface area (Å²) < 4.78 is 1.29. The van der Waals surface area contributed by atoms with Crippen molar-refractivity contribution in [2.24, 2.45) is 0 Å². The van der Waals surface area contributed by atoms with E-state index in [1.807, 2.05) is 19.1 Å². The number of carbonyl (C=O) groups is 2. The summed E-state index contributed by atoms with van der Waals surface area (Å²) >= 11 is 0. The molecule has 6 heteroatoms. The van der Waals surface area contributed by atoms with Crippen LogP contribution in [0.25, 0.3) is 0 Å². The van der Waals surface area contributed by atoms with Crippen LogP contribution in [0.3, 0.4) is 0 Å². The van der Waals surface area contributed by atoms with E-state index in [1.54, 1.807) is 0 Å². The molecule has 31 heavy (non-hydrogen) atoms. The van der Waals surface area contributed by atoms with Gasteiger partial charge in [0.15, 0.2) is 0 Å². The maximum atomic E-state index is 12.6. The van der Waals surface area contributed by atoms with Gasteiger partial charge < -0.3 is 15.2 Å². The molecule has 2 N–H and O–H groups in total. The van der Waals surface area contributed by atoms with E-state index in [2.05, 4.69) is 36.6 Å². The van der Waals surface area contributed by atoms with Crippen molar-refractivity contribution in [1.29, 1.82) is 0 Å². The Bertz CT molecular complexity index is 957. The molecule has 6 nitrogen and oxygen atoms in total. The molecule has 1 aliphatic carbocycles. The van der Waals surface area contributed by atoms with Gasteiger partial charge in [-0.3, -0.25) is 14.4 Å². The quantitative estimate of drug-likeness (QED) is 0.709. The van der Waals surface area contributed by atoms with Crippen LogP contribution in [0.4, 0.5) is 0 Å². The Labute approximate surface area is 184 Å². The molecule has 2 amide bonds. The Morgan fingerprint density at radius 3 is 2.26 bits per heavy atom. The average molecular weight is 424 g/mol. The Balaban J connectivity index is 1.61. The molecule has 1 aromatic heterocycles. The molecule has 0 bridgehead atoms. The third-order valence-electron chi connectivity index (χ3n) is 5.98. The number of nitrogens with one attached hydrogen (secondary N) is 2. The van der Waals surface area contributed by atoms with Crippen molar-refractivity contribution in [1.82, 2.24) is 15.2 Å². The van der Waals surface area contributed by atoms with Gasteiger partial charge in [0.05, 0.1) is 11.6 Å². The predicted molar refractivity (Wildman–Crippen MR) is 122 cm³/mol. The molecular weight excluding hydrogens is 390 g/mol. The highest BCUT2D eigenvalue weighted by Gasteiger charge is 2.18. The molecule has 2 aromatic rings. The molecule has 1 aromatic carbocycles. The second kappa shape index (κ2) is 10.4. The van der Waals surface area contributed by atoms with Gasteiger partial charge in [-0.25, -0.2) is 0 Å². The lowest BCUT2D eigenvalue weighted by atomic mass is 9.95. The van der Waals surface area contributed by atoms with Crippen molar-refractivity contribution >= 4 is 11.8 Å². The minimum absolute atomic E-state index is 0.127. The SMILES string of the molecule is CC(C)c1ccc([C@H](C)NC(=O)Cn2cc(C(=O)NC3CCCCC3)ccc2=O)cc1. The van der Waals surface area contributed by atoms with E-state index in [0.717, 1.165) is 31.2 Å². The maximum absolute atomic E-state index is 12.6. The summed E-state index contributed by atoms with van der Waals surface area (Å²) in [5.41, 5.74) is 2.34. The van der Waals surface area contributed by atoms with Crippen LogP contribution in [0.2, 0.25) is 0 Å². The smallest absolute Gasteiger partial charge is 0.252 e. The number of pyridine rings is 1. The zero-order valence-electron chi connectivity index (χ0n) is 18.7. The highest BCUT2D eigenvalue weighted by atomic mass is 16.2. The van der Waals surface area contributed by atoms with E-state index in [4.69, 9.17) is 0 Å². The molecule has 1 atom stereocenters. The molecule has 0 saturated heterocycles. The van der Waals surface area contributed by atoms with Crippen LogP contribution in [0.1, 0.15) is 86.3 Å². The lowest BCUT2D eigenvalue weighted by molar-refractivity contribution is -0.122. The molecular formula is C25H33N3O3. The first-order valence-electron chi connectivity index (χ1n) is 11.2. The van der Waals surface area contributed by atoms with E-state index >= 15 is 0 Å². The Morgan fingerprint density at radius 2 is 1.61 bits per heavy atom. The van der Waals surface area contributed by atoms with Crippen molar-refractivity contribution < 1.29 is 9.59 Å². The Hall–Kier alpha value is -2.89. The van der Waals surface area contributed by atoms with Crippen LogP contribution in [0.15, 0.2) is 47.4 Å². The van der Waals surface area contributed by atoms with Crippen molar-refractivity contribution in [2.75, 3.05) is 0 Å². The van der Waals surface area contributed by atoms with Gasteiger partial charge >= 0.3 is 0 Å². The number of hydrogen-bond acceptors (Lipinski definition) is 3. The van der Waals surface area contributed by atoms with Crippen LogP contribution >= 0.6 is 0 Å². The normalized spacial score (nSPS) is 15.5. The highest BCUT2D eigenvalue weighted by molar-refractivity contribution is 5.94. The first-order chi connectivity index (χ1) is 14.8. The summed E-state index contributed by atoms with van der Waals surface area (Å²) in [5.74, 6) is -0.0135. The molecule has 1 aliphatic rings. The molecule has 3 rings (SSSR count). The van der Waals surface area contributed by atoms with Gasteiger partial charge in [-0.15, -0.1) is 0 Å². The molecule has 0 spiro atoms. The van der Waals surface area contributed by atoms with Gasteiger partial charge in [0.1, 0.15) is 6.54 Å². The third-order valence-corrected chi connectivity index (χ3v) is 5.98. The number of amides is 2. The van der Waals surface area contributed by atoms with E-state index in [1.165, 1.54) is 34.9 Å². The average Bonchev–Trinajstić information content (AvgIpc) is 2.76. The van der Waals surface area contributed by atoms with Crippen molar-refractivity contribution in [2.45, 2.75) is 77.4 Å². The lowest BCUT2D eigenvalue weighted by Crippen LogP contribution is -2.37. The number of hydrogen-bond donors (Lipinski definition) is 2. The summed E-state index contributed by atoms with van der Waals surface area (Å²) in [7, 11) is 0. The zero-order chi connectivity index (χ0) is 22.4. The fraction of sp³-hybridized carbons (Fsp3) is 0.480. The van der Waals surface area contributed by atoms with Crippen molar-refractivity contribution in [3.05, 3.63) is 69.6 Å². The molecule has 0 aliphatic heterocycles. The van der Waals surface area contributed by atoms with Gasteiger partial charge in [-0.2, -0.15) is 0 Å². The lowest BCUT2D eigenvalue weighted by Gasteiger charge is -2.22. The number of carbonyl (C=O) groups excluding carboxylic acids is 2. The molecule has 1 saturated carbocycles. The van der Waals surface area contributed by atoms with Crippen molar-refractivity contribution in [3.8, 4) is 0 Å². The van der Waals surface area contributed by atoms with Crippen LogP contribution in [-0.4, -0.2) is 22.4 Å². The summed E-state index contributed by atoms with van der Waals surface area (Å²) in [5, 5.41) is 5.98. The topological polar surface area (TPSA) is 80.2 Å². The highest BCUT2D eigenvalue weighted by Crippen LogP contribution is 2.19. The maximum Gasteiger partial charge on any atom is 0.252 e. The van der Waals surface area contributed by atoms with Crippen LogP contribution in [-0.2, 0) is 11.3 Å². The number of nitrogens with zero attached hydrogens (tertiary/aromatic N) is 1. The summed E-state index contributed by atoms with van der Waals surface area (Å²) in [6.07, 6.45) is 6.93. The monoisotopic (exact) mass is 423 g/mol. The van der Waals surface area contributed by atoms with Crippen LogP contribution in [0, 0.1) is 0 Å². The number of aromatic nitrogens is 1. The van der Waals surface area contributed by atoms with Gasteiger partial charge in [0, 0.05) is 18.3 Å². The first kappa shape index (κ1) is 22.8. The van der Waals surface area contributed by atoms with E-state index in [9.17, 15) is 14.4 Å². The summed E-state index contributed by atoms with van der Waals surface area (Å²) in [6, 6.07) is 11.1. The fourth-order valence-electron chi connectivity index (χ4n) is 4.00. The Morgan fingerprint density at radius 1 is 0.968 bits per heavy atom. The largest absolute Gasteiger partial charge is 0.349 e.